The molecule has 0 spiro atoms. The smallest absolute Gasteiger partial charge is 0.251 e. The first-order valence-corrected chi connectivity index (χ1v) is 11.8. The van der Waals surface area contributed by atoms with Crippen molar-refractivity contribution >= 4 is 11.6 Å². The van der Waals surface area contributed by atoms with Crippen LogP contribution >= 0.6 is 0 Å². The molecule has 1 aromatic heterocycles. The lowest BCUT2D eigenvalue weighted by molar-refractivity contribution is 0.0953. The van der Waals surface area contributed by atoms with Crippen molar-refractivity contribution in [2.75, 3.05) is 37.6 Å². The molecule has 1 saturated heterocycles. The van der Waals surface area contributed by atoms with Gasteiger partial charge < -0.3 is 15.3 Å². The number of anilines is 1. The zero-order valence-electron chi connectivity index (χ0n) is 19.7. The van der Waals surface area contributed by atoms with Gasteiger partial charge in [0.15, 0.2) is 0 Å². The van der Waals surface area contributed by atoms with E-state index in [1.54, 1.807) is 12.3 Å². The van der Waals surface area contributed by atoms with Crippen molar-refractivity contribution in [3.05, 3.63) is 77.9 Å². The second-order valence-electron chi connectivity index (χ2n) is 8.67. The third-order valence-corrected chi connectivity index (χ3v) is 6.40. The maximum Gasteiger partial charge on any atom is 0.251 e. The number of piperazine rings is 1. The summed E-state index contributed by atoms with van der Waals surface area (Å²) >= 11 is 0. The molecule has 6 nitrogen and oxygen atoms in total. The minimum absolute atomic E-state index is 0.0413. The van der Waals surface area contributed by atoms with Gasteiger partial charge in [0.25, 0.3) is 5.91 Å². The first-order chi connectivity index (χ1) is 16.5. The number of carbonyl (C=O) groups is 1. The van der Waals surface area contributed by atoms with E-state index in [-0.39, 0.29) is 23.5 Å². The largest absolute Gasteiger partial charge is 0.506 e. The third kappa shape index (κ3) is 5.37. The third-order valence-electron chi connectivity index (χ3n) is 6.40. The molecule has 1 fully saturated rings. The van der Waals surface area contributed by atoms with E-state index < -0.39 is 0 Å². The second kappa shape index (κ2) is 10.7. The van der Waals surface area contributed by atoms with Crippen molar-refractivity contribution in [3.63, 3.8) is 0 Å². The van der Waals surface area contributed by atoms with Gasteiger partial charge in [-0.2, -0.15) is 0 Å². The van der Waals surface area contributed by atoms with Gasteiger partial charge in [0.2, 0.25) is 0 Å². The van der Waals surface area contributed by atoms with Crippen LogP contribution in [0.5, 0.6) is 5.75 Å². The molecule has 1 unspecified atom stereocenters. The van der Waals surface area contributed by atoms with Crippen LogP contribution in [0, 0.1) is 5.82 Å². The zero-order valence-corrected chi connectivity index (χ0v) is 19.7. The quantitative estimate of drug-likeness (QED) is 0.536. The Labute approximate surface area is 200 Å². The molecule has 1 amide bonds. The molecule has 1 aliphatic heterocycles. The van der Waals surface area contributed by atoms with Gasteiger partial charge in [-0.15, -0.1) is 0 Å². The topological polar surface area (TPSA) is 68.7 Å². The predicted octanol–water partition coefficient (Wildman–Crippen LogP) is 4.62. The highest BCUT2D eigenvalue weighted by molar-refractivity contribution is 5.94. The van der Waals surface area contributed by atoms with Crippen LogP contribution in [0.3, 0.4) is 0 Å². The summed E-state index contributed by atoms with van der Waals surface area (Å²) in [6, 6.07) is 14.5. The summed E-state index contributed by atoms with van der Waals surface area (Å²) in [6.07, 6.45) is 3.88. The van der Waals surface area contributed by atoms with Gasteiger partial charge in [-0.1, -0.05) is 19.1 Å². The highest BCUT2D eigenvalue weighted by Gasteiger charge is 2.24. The van der Waals surface area contributed by atoms with Crippen LogP contribution in [0.4, 0.5) is 10.1 Å². The highest BCUT2D eigenvalue weighted by atomic mass is 19.1. The standard InChI is InChI=1S/C27H31FN4O2/c1-3-10-30-27(34)20-4-7-23(8-5-20)32-13-11-31(12-14-32)19(2)25-9-6-21(16-26(25)28)22-15-24(33)18-29-17-22/h4-9,15-19,33H,3,10-14H2,1-2H3,(H,30,34). The normalized spacial score (nSPS) is 15.2. The molecule has 2 heterocycles. The molecule has 1 aliphatic rings. The van der Waals surface area contributed by atoms with Crippen molar-refractivity contribution in [1.29, 1.82) is 0 Å². The van der Waals surface area contributed by atoms with E-state index in [1.807, 2.05) is 50.2 Å². The Morgan fingerprint density at radius 1 is 1.06 bits per heavy atom. The molecular weight excluding hydrogens is 431 g/mol. The van der Waals surface area contributed by atoms with Crippen LogP contribution in [0.15, 0.2) is 60.9 Å². The van der Waals surface area contributed by atoms with Gasteiger partial charge in [0.1, 0.15) is 11.6 Å². The molecule has 178 valence electrons. The molecule has 1 atom stereocenters. The summed E-state index contributed by atoms with van der Waals surface area (Å²) in [5.41, 5.74) is 3.79. The van der Waals surface area contributed by atoms with Gasteiger partial charge in [-0.3, -0.25) is 14.7 Å². The van der Waals surface area contributed by atoms with Gasteiger partial charge in [0, 0.05) is 67.3 Å². The molecule has 2 aromatic carbocycles. The number of nitrogens with one attached hydrogen (secondary N) is 1. The van der Waals surface area contributed by atoms with Crippen LogP contribution in [-0.2, 0) is 0 Å². The predicted molar refractivity (Wildman–Crippen MR) is 133 cm³/mol. The Hall–Kier alpha value is -3.45. The number of hydrogen-bond acceptors (Lipinski definition) is 5. The van der Waals surface area contributed by atoms with E-state index in [4.69, 9.17) is 0 Å². The SMILES string of the molecule is CCCNC(=O)c1ccc(N2CCN(C(C)c3ccc(-c4cncc(O)c4)cc3F)CC2)cc1. The number of rotatable bonds is 7. The fourth-order valence-corrected chi connectivity index (χ4v) is 4.36. The van der Waals surface area contributed by atoms with Crippen LogP contribution in [0.2, 0.25) is 0 Å². The molecule has 0 aliphatic carbocycles. The molecule has 3 aromatic rings. The molecular formula is C27H31FN4O2. The minimum Gasteiger partial charge on any atom is -0.506 e. The summed E-state index contributed by atoms with van der Waals surface area (Å²) in [6.45, 7) is 8.04. The number of amides is 1. The van der Waals surface area contributed by atoms with Crippen molar-refractivity contribution in [2.45, 2.75) is 26.3 Å². The van der Waals surface area contributed by atoms with E-state index in [2.05, 4.69) is 20.1 Å². The van der Waals surface area contributed by atoms with Crippen LogP contribution in [0.25, 0.3) is 11.1 Å². The summed E-state index contributed by atoms with van der Waals surface area (Å²) in [5, 5.41) is 12.5. The second-order valence-corrected chi connectivity index (χ2v) is 8.67. The minimum atomic E-state index is -0.257. The zero-order chi connectivity index (χ0) is 24.1. The Kier molecular flexibility index (Phi) is 7.43. The van der Waals surface area contributed by atoms with Crippen molar-refractivity contribution in [2.24, 2.45) is 0 Å². The maximum atomic E-state index is 15.0. The summed E-state index contributed by atoms with van der Waals surface area (Å²) in [4.78, 5) is 20.7. The number of pyridine rings is 1. The van der Waals surface area contributed by atoms with Crippen molar-refractivity contribution in [1.82, 2.24) is 15.2 Å². The first-order valence-electron chi connectivity index (χ1n) is 11.8. The van der Waals surface area contributed by atoms with Crippen molar-refractivity contribution in [3.8, 4) is 16.9 Å². The number of hydrogen-bond donors (Lipinski definition) is 2. The number of nitrogens with zero attached hydrogens (tertiary/aromatic N) is 3. The number of carbonyl (C=O) groups excluding carboxylic acids is 1. The summed E-state index contributed by atoms with van der Waals surface area (Å²) < 4.78 is 15.0. The fraction of sp³-hybridized carbons (Fsp3) is 0.333. The van der Waals surface area contributed by atoms with Gasteiger partial charge in [-0.25, -0.2) is 4.39 Å². The molecule has 4 rings (SSSR count). The number of aromatic hydroxyl groups is 1. The molecule has 0 radical (unpaired) electrons. The van der Waals surface area contributed by atoms with E-state index in [1.165, 1.54) is 12.3 Å². The number of halogens is 1. The van der Waals surface area contributed by atoms with Crippen LogP contribution in [0.1, 0.15) is 42.2 Å². The molecule has 0 saturated carbocycles. The summed E-state index contributed by atoms with van der Waals surface area (Å²) in [7, 11) is 0. The Balaban J connectivity index is 1.37. The van der Waals surface area contributed by atoms with Crippen LogP contribution in [-0.4, -0.2) is 53.6 Å². The number of benzene rings is 2. The Bertz CT molecular complexity index is 1130. The average Bonchev–Trinajstić information content (AvgIpc) is 2.87. The van der Waals surface area contributed by atoms with E-state index >= 15 is 4.39 Å². The number of aromatic nitrogens is 1. The first kappa shape index (κ1) is 23.7. The molecule has 2 N–H and O–H groups in total. The van der Waals surface area contributed by atoms with E-state index in [0.29, 0.717) is 28.8 Å². The molecule has 0 bridgehead atoms. The molecule has 34 heavy (non-hydrogen) atoms. The van der Waals surface area contributed by atoms with Crippen LogP contribution < -0.4 is 10.2 Å². The van der Waals surface area contributed by atoms with Crippen molar-refractivity contribution < 1.29 is 14.3 Å². The highest BCUT2D eigenvalue weighted by Crippen LogP contribution is 2.30. The fourth-order valence-electron chi connectivity index (χ4n) is 4.36. The van der Waals surface area contributed by atoms with E-state index in [9.17, 15) is 9.90 Å². The van der Waals surface area contributed by atoms with Gasteiger partial charge in [0.05, 0.1) is 6.20 Å². The van der Waals surface area contributed by atoms with Gasteiger partial charge in [-0.05, 0) is 55.3 Å². The average molecular weight is 463 g/mol. The summed E-state index contributed by atoms with van der Waals surface area (Å²) in [5.74, 6) is -0.240. The Morgan fingerprint density at radius 2 is 1.79 bits per heavy atom. The molecule has 7 heteroatoms. The lowest BCUT2D eigenvalue weighted by Gasteiger charge is -2.39. The Morgan fingerprint density at radius 3 is 2.44 bits per heavy atom. The van der Waals surface area contributed by atoms with Gasteiger partial charge >= 0.3 is 0 Å². The lowest BCUT2D eigenvalue weighted by Crippen LogP contribution is -2.47. The maximum absolute atomic E-state index is 15.0. The lowest BCUT2D eigenvalue weighted by atomic mass is 10.00. The van der Waals surface area contributed by atoms with E-state index in [0.717, 1.165) is 38.3 Å². The monoisotopic (exact) mass is 462 g/mol.